The maximum atomic E-state index is 13.6. The largest absolute Gasteiger partial charge is 0.487 e. The van der Waals surface area contributed by atoms with Crippen molar-refractivity contribution >= 4 is 10.0 Å². The number of sulfonamides is 1. The standard InChI is InChI=1S/C25H33FN2O4S/c1-17-13-28(18(2)16-29)33(30,31)25-11-8-21(20-6-9-22(26)10-7-20)12-23(25)32-24(17)15-27(3)14-19-4-5-19/h6-12,17-19,24,29H,4-5,13-16H2,1-3H3/t17-,18+,24-/m1/s1. The minimum absolute atomic E-state index is 0.0851. The Hall–Kier alpha value is -2.00. The van der Waals surface area contributed by atoms with Gasteiger partial charge in [-0.05, 0) is 68.1 Å². The molecule has 3 atom stereocenters. The first kappa shape index (κ1) is 24.1. The van der Waals surface area contributed by atoms with Crippen LogP contribution in [0.3, 0.4) is 0 Å². The summed E-state index contributed by atoms with van der Waals surface area (Å²) in [4.78, 5) is 2.36. The predicted octanol–water partition coefficient (Wildman–Crippen LogP) is 3.60. The van der Waals surface area contributed by atoms with Crippen molar-refractivity contribution in [2.45, 2.75) is 43.7 Å². The molecule has 8 heteroatoms. The minimum Gasteiger partial charge on any atom is -0.487 e. The SMILES string of the molecule is C[C@@H]1CN([C@@H](C)CO)S(=O)(=O)c2ccc(-c3ccc(F)cc3)cc2O[C@@H]1CN(C)CC1CC1. The summed E-state index contributed by atoms with van der Waals surface area (Å²) in [5.41, 5.74) is 1.53. The van der Waals surface area contributed by atoms with Crippen LogP contribution in [0.25, 0.3) is 11.1 Å². The Balaban J connectivity index is 1.74. The summed E-state index contributed by atoms with van der Waals surface area (Å²) in [7, 11) is -1.80. The van der Waals surface area contributed by atoms with E-state index in [1.807, 2.05) is 6.92 Å². The van der Waals surface area contributed by atoms with Gasteiger partial charge in [0, 0.05) is 31.6 Å². The number of rotatable bonds is 7. The van der Waals surface area contributed by atoms with E-state index in [-0.39, 0.29) is 35.9 Å². The van der Waals surface area contributed by atoms with Crippen molar-refractivity contribution in [3.8, 4) is 16.9 Å². The van der Waals surface area contributed by atoms with Crippen molar-refractivity contribution in [3.05, 3.63) is 48.3 Å². The number of hydrogen-bond acceptors (Lipinski definition) is 5. The van der Waals surface area contributed by atoms with Crippen LogP contribution in [-0.2, 0) is 10.0 Å². The van der Waals surface area contributed by atoms with Gasteiger partial charge in [0.1, 0.15) is 22.6 Å². The normalized spacial score (nSPS) is 23.9. The topological polar surface area (TPSA) is 70.1 Å². The number of halogens is 1. The molecule has 0 unspecified atom stereocenters. The molecule has 0 amide bonds. The van der Waals surface area contributed by atoms with Gasteiger partial charge in [0.25, 0.3) is 0 Å². The summed E-state index contributed by atoms with van der Waals surface area (Å²) in [5, 5.41) is 9.77. The van der Waals surface area contributed by atoms with E-state index >= 15 is 0 Å². The lowest BCUT2D eigenvalue weighted by molar-refractivity contribution is 0.0741. The molecule has 0 bridgehead atoms. The second kappa shape index (κ2) is 9.70. The summed E-state index contributed by atoms with van der Waals surface area (Å²) >= 11 is 0. The van der Waals surface area contributed by atoms with Crippen LogP contribution in [-0.4, -0.2) is 68.2 Å². The Bertz CT molecular complexity index is 1070. The van der Waals surface area contributed by atoms with E-state index < -0.39 is 16.1 Å². The Labute approximate surface area is 196 Å². The molecule has 180 valence electrons. The second-order valence-corrected chi connectivity index (χ2v) is 11.4. The molecule has 0 spiro atoms. The number of aliphatic hydroxyl groups is 1. The number of nitrogens with zero attached hydrogens (tertiary/aromatic N) is 2. The van der Waals surface area contributed by atoms with Gasteiger partial charge in [-0.15, -0.1) is 0 Å². The molecule has 4 rings (SSSR count). The van der Waals surface area contributed by atoms with E-state index in [4.69, 9.17) is 4.74 Å². The lowest BCUT2D eigenvalue weighted by Gasteiger charge is -2.37. The summed E-state index contributed by atoms with van der Waals surface area (Å²) in [6.07, 6.45) is 2.30. The van der Waals surface area contributed by atoms with Crippen molar-refractivity contribution in [3.63, 3.8) is 0 Å². The molecule has 1 aliphatic carbocycles. The summed E-state index contributed by atoms with van der Waals surface area (Å²) < 4.78 is 48.4. The monoisotopic (exact) mass is 476 g/mol. The van der Waals surface area contributed by atoms with Crippen molar-refractivity contribution in [2.24, 2.45) is 11.8 Å². The molecule has 1 aliphatic heterocycles. The Morgan fingerprint density at radius 3 is 2.45 bits per heavy atom. The molecule has 1 N–H and O–H groups in total. The third-order valence-electron chi connectivity index (χ3n) is 6.60. The van der Waals surface area contributed by atoms with Crippen LogP contribution in [0.4, 0.5) is 4.39 Å². The van der Waals surface area contributed by atoms with E-state index in [2.05, 4.69) is 11.9 Å². The van der Waals surface area contributed by atoms with E-state index in [1.165, 1.54) is 29.3 Å². The smallest absolute Gasteiger partial charge is 0.247 e. The zero-order chi connectivity index (χ0) is 23.8. The quantitative estimate of drug-likeness (QED) is 0.661. The number of likely N-dealkylation sites (N-methyl/N-ethyl adjacent to an activating group) is 1. The molecular weight excluding hydrogens is 443 g/mol. The van der Waals surface area contributed by atoms with Gasteiger partial charge in [0.05, 0.1) is 6.61 Å². The lowest BCUT2D eigenvalue weighted by atomic mass is 10.0. The first-order chi connectivity index (χ1) is 15.7. The van der Waals surface area contributed by atoms with Crippen LogP contribution >= 0.6 is 0 Å². The Morgan fingerprint density at radius 2 is 1.82 bits per heavy atom. The predicted molar refractivity (Wildman–Crippen MR) is 126 cm³/mol. The second-order valence-electron chi connectivity index (χ2n) is 9.57. The fourth-order valence-corrected chi connectivity index (χ4v) is 6.21. The van der Waals surface area contributed by atoms with Crippen molar-refractivity contribution in [2.75, 3.05) is 33.3 Å². The van der Waals surface area contributed by atoms with E-state index in [0.29, 0.717) is 12.3 Å². The maximum absolute atomic E-state index is 13.6. The van der Waals surface area contributed by atoms with Gasteiger partial charge in [-0.1, -0.05) is 25.1 Å². The summed E-state index contributed by atoms with van der Waals surface area (Å²) in [6, 6.07) is 10.5. The summed E-state index contributed by atoms with van der Waals surface area (Å²) in [5.74, 6) is 0.619. The van der Waals surface area contributed by atoms with Crippen molar-refractivity contribution < 1.29 is 22.7 Å². The molecular formula is C25H33FN2O4S. The molecule has 33 heavy (non-hydrogen) atoms. The molecule has 1 fully saturated rings. The zero-order valence-electron chi connectivity index (χ0n) is 19.4. The van der Waals surface area contributed by atoms with Crippen LogP contribution in [0, 0.1) is 17.7 Å². The molecule has 2 aromatic carbocycles. The molecule has 0 saturated heterocycles. The van der Waals surface area contributed by atoms with Crippen LogP contribution in [0.5, 0.6) is 5.75 Å². The molecule has 0 aromatic heterocycles. The van der Waals surface area contributed by atoms with E-state index in [1.54, 1.807) is 37.3 Å². The maximum Gasteiger partial charge on any atom is 0.247 e. The molecule has 0 radical (unpaired) electrons. The summed E-state index contributed by atoms with van der Waals surface area (Å²) in [6.45, 7) is 5.40. The molecule has 6 nitrogen and oxygen atoms in total. The fraction of sp³-hybridized carbons (Fsp3) is 0.520. The van der Waals surface area contributed by atoms with Gasteiger partial charge in [-0.3, -0.25) is 0 Å². The van der Waals surface area contributed by atoms with Crippen LogP contribution in [0.15, 0.2) is 47.4 Å². The average Bonchev–Trinajstić information content (AvgIpc) is 3.59. The van der Waals surface area contributed by atoms with Gasteiger partial charge >= 0.3 is 0 Å². The zero-order valence-corrected chi connectivity index (χ0v) is 20.3. The number of ether oxygens (including phenoxy) is 1. The molecule has 1 heterocycles. The Morgan fingerprint density at radius 1 is 1.15 bits per heavy atom. The van der Waals surface area contributed by atoms with Crippen molar-refractivity contribution in [1.29, 1.82) is 0 Å². The molecule has 2 aromatic rings. The van der Waals surface area contributed by atoms with Crippen LogP contribution in [0.1, 0.15) is 26.7 Å². The highest BCUT2D eigenvalue weighted by atomic mass is 32.2. The fourth-order valence-electron chi connectivity index (χ4n) is 4.39. The third-order valence-corrected chi connectivity index (χ3v) is 8.62. The number of benzene rings is 2. The highest BCUT2D eigenvalue weighted by Crippen LogP contribution is 2.37. The average molecular weight is 477 g/mol. The third kappa shape index (κ3) is 5.40. The minimum atomic E-state index is -3.88. The van der Waals surface area contributed by atoms with Gasteiger partial charge in [-0.2, -0.15) is 4.31 Å². The first-order valence-electron chi connectivity index (χ1n) is 11.6. The van der Waals surface area contributed by atoms with Crippen molar-refractivity contribution in [1.82, 2.24) is 9.21 Å². The van der Waals surface area contributed by atoms with Crippen LogP contribution < -0.4 is 4.74 Å². The van der Waals surface area contributed by atoms with Gasteiger partial charge < -0.3 is 14.7 Å². The van der Waals surface area contributed by atoms with Gasteiger partial charge in [0.2, 0.25) is 10.0 Å². The molecule has 1 saturated carbocycles. The van der Waals surface area contributed by atoms with E-state index in [0.717, 1.165) is 23.6 Å². The molecule has 2 aliphatic rings. The van der Waals surface area contributed by atoms with Crippen LogP contribution in [0.2, 0.25) is 0 Å². The van der Waals surface area contributed by atoms with Gasteiger partial charge in [-0.25, -0.2) is 12.8 Å². The first-order valence-corrected chi connectivity index (χ1v) is 13.0. The lowest BCUT2D eigenvalue weighted by Crippen LogP contribution is -2.49. The number of aliphatic hydroxyl groups excluding tert-OH is 1. The van der Waals surface area contributed by atoms with E-state index in [9.17, 15) is 17.9 Å². The number of fused-ring (bicyclic) bond motifs is 1. The Kier molecular flexibility index (Phi) is 7.09. The highest BCUT2D eigenvalue weighted by Gasteiger charge is 2.38. The van der Waals surface area contributed by atoms with Gasteiger partial charge in [0.15, 0.2) is 0 Å². The highest BCUT2D eigenvalue weighted by molar-refractivity contribution is 7.89. The number of hydrogen-bond donors (Lipinski definition) is 1.